The Hall–Kier alpha value is -1.83. The van der Waals surface area contributed by atoms with Crippen molar-refractivity contribution in [3.63, 3.8) is 0 Å². The van der Waals surface area contributed by atoms with Gasteiger partial charge in [0.1, 0.15) is 5.83 Å². The average molecular weight is 313 g/mol. The number of allylic oxidation sites excluding steroid dienone is 6. The van der Waals surface area contributed by atoms with Gasteiger partial charge in [-0.15, -0.1) is 0 Å². The van der Waals surface area contributed by atoms with Crippen LogP contribution in [0.1, 0.15) is 52.2 Å². The topological polar surface area (TPSA) is 3.24 Å². The van der Waals surface area contributed by atoms with Gasteiger partial charge in [-0.3, -0.25) is 0 Å². The Kier molecular flexibility index (Phi) is 5.81. The molecule has 0 unspecified atom stereocenters. The van der Waals surface area contributed by atoms with E-state index in [1.165, 1.54) is 17.7 Å². The molecule has 1 aliphatic rings. The van der Waals surface area contributed by atoms with E-state index in [-0.39, 0.29) is 5.83 Å². The van der Waals surface area contributed by atoms with Crippen molar-refractivity contribution in [2.45, 2.75) is 53.5 Å². The fourth-order valence-corrected chi connectivity index (χ4v) is 2.96. The number of halogens is 1. The van der Waals surface area contributed by atoms with Crippen LogP contribution in [-0.2, 0) is 6.42 Å². The first-order chi connectivity index (χ1) is 10.9. The molecule has 124 valence electrons. The number of aryl methyl sites for hydroxylation is 1. The lowest BCUT2D eigenvalue weighted by Crippen LogP contribution is -2.35. The van der Waals surface area contributed by atoms with E-state index in [2.05, 4.69) is 30.9 Å². The van der Waals surface area contributed by atoms with Crippen LogP contribution in [0.25, 0.3) is 5.57 Å². The Morgan fingerprint density at radius 1 is 1.22 bits per heavy atom. The number of hydrogen-bond donors (Lipinski definition) is 0. The zero-order valence-electron chi connectivity index (χ0n) is 15.0. The molecule has 0 amide bonds. The van der Waals surface area contributed by atoms with E-state index in [1.807, 2.05) is 39.0 Å². The smallest absolute Gasteiger partial charge is 0.126 e. The maximum atomic E-state index is 14.4. The van der Waals surface area contributed by atoms with Gasteiger partial charge in [0.2, 0.25) is 0 Å². The largest absolute Gasteiger partial charge is 0.369 e. The second-order valence-corrected chi connectivity index (χ2v) is 6.57. The third-order valence-electron chi connectivity index (χ3n) is 4.60. The monoisotopic (exact) mass is 313 g/mol. The van der Waals surface area contributed by atoms with E-state index >= 15 is 0 Å². The quantitative estimate of drug-likeness (QED) is 0.610. The van der Waals surface area contributed by atoms with Crippen LogP contribution in [0.15, 0.2) is 47.8 Å². The zero-order valence-corrected chi connectivity index (χ0v) is 15.0. The molecular formula is C21H28FN. The molecule has 0 saturated heterocycles. The van der Waals surface area contributed by atoms with Crippen molar-refractivity contribution >= 4 is 11.3 Å². The Balaban J connectivity index is 2.33. The maximum Gasteiger partial charge on any atom is 0.126 e. The lowest BCUT2D eigenvalue weighted by Gasteiger charge is -2.35. The Labute approximate surface area is 140 Å². The minimum Gasteiger partial charge on any atom is -0.369 e. The van der Waals surface area contributed by atoms with Crippen molar-refractivity contribution in [2.24, 2.45) is 0 Å². The van der Waals surface area contributed by atoms with Crippen LogP contribution in [0.3, 0.4) is 0 Å². The summed E-state index contributed by atoms with van der Waals surface area (Å²) in [5.41, 5.74) is 5.39. The summed E-state index contributed by atoms with van der Waals surface area (Å²) in [5.74, 6) is -0.164. The highest BCUT2D eigenvalue weighted by atomic mass is 19.1. The van der Waals surface area contributed by atoms with Crippen LogP contribution in [0.5, 0.6) is 0 Å². The Morgan fingerprint density at radius 2 is 1.96 bits per heavy atom. The molecule has 1 aliphatic heterocycles. The summed E-state index contributed by atoms with van der Waals surface area (Å²) in [4.78, 5) is 2.44. The summed E-state index contributed by atoms with van der Waals surface area (Å²) in [6.45, 7) is 11.3. The van der Waals surface area contributed by atoms with Crippen molar-refractivity contribution in [1.82, 2.24) is 0 Å². The van der Waals surface area contributed by atoms with E-state index in [0.717, 1.165) is 24.1 Å². The predicted octanol–water partition coefficient (Wildman–Crippen LogP) is 6.07. The van der Waals surface area contributed by atoms with Gasteiger partial charge in [-0.25, -0.2) is 4.39 Å². The van der Waals surface area contributed by atoms with Crippen LogP contribution in [-0.4, -0.2) is 12.6 Å². The molecule has 2 heteroatoms. The van der Waals surface area contributed by atoms with Gasteiger partial charge in [0.25, 0.3) is 0 Å². The highest BCUT2D eigenvalue weighted by Gasteiger charge is 2.19. The van der Waals surface area contributed by atoms with Crippen molar-refractivity contribution in [2.75, 3.05) is 11.4 Å². The summed E-state index contributed by atoms with van der Waals surface area (Å²) in [6, 6.07) is 6.86. The molecule has 1 nitrogen and oxygen atoms in total. The highest BCUT2D eigenvalue weighted by molar-refractivity contribution is 5.71. The molecule has 1 aromatic carbocycles. The van der Waals surface area contributed by atoms with E-state index in [4.69, 9.17) is 0 Å². The van der Waals surface area contributed by atoms with Gasteiger partial charge in [-0.05, 0) is 82.4 Å². The second kappa shape index (κ2) is 7.63. The zero-order chi connectivity index (χ0) is 17.0. The Morgan fingerprint density at radius 3 is 2.61 bits per heavy atom. The molecule has 0 spiro atoms. The van der Waals surface area contributed by atoms with Crippen LogP contribution < -0.4 is 4.90 Å². The summed E-state index contributed by atoms with van der Waals surface area (Å²) in [5, 5.41) is 0. The molecule has 23 heavy (non-hydrogen) atoms. The molecule has 0 aromatic heterocycles. The molecule has 0 bridgehead atoms. The van der Waals surface area contributed by atoms with Crippen LogP contribution in [0.4, 0.5) is 10.1 Å². The van der Waals surface area contributed by atoms with Crippen molar-refractivity contribution in [3.8, 4) is 0 Å². The normalized spacial score (nSPS) is 16.8. The number of nitrogens with zero attached hydrogens (tertiary/aromatic N) is 1. The first-order valence-corrected chi connectivity index (χ1v) is 8.51. The number of rotatable bonds is 4. The lowest BCUT2D eigenvalue weighted by atomic mass is 9.95. The van der Waals surface area contributed by atoms with Gasteiger partial charge in [0.15, 0.2) is 0 Å². The number of fused-ring (bicyclic) bond motifs is 1. The van der Waals surface area contributed by atoms with Gasteiger partial charge in [-0.2, -0.15) is 0 Å². The van der Waals surface area contributed by atoms with Crippen LogP contribution >= 0.6 is 0 Å². The van der Waals surface area contributed by atoms with Crippen molar-refractivity contribution < 1.29 is 4.39 Å². The van der Waals surface area contributed by atoms with Crippen molar-refractivity contribution in [1.29, 1.82) is 0 Å². The minimum absolute atomic E-state index is 0.164. The maximum absolute atomic E-state index is 14.4. The first-order valence-electron chi connectivity index (χ1n) is 8.51. The number of benzene rings is 1. The molecule has 0 saturated carbocycles. The average Bonchev–Trinajstić information content (AvgIpc) is 2.57. The molecule has 0 fully saturated rings. The molecular weight excluding hydrogens is 285 g/mol. The summed E-state index contributed by atoms with van der Waals surface area (Å²) in [6.07, 6.45) is 7.59. The first kappa shape index (κ1) is 17.5. The van der Waals surface area contributed by atoms with E-state index in [0.29, 0.717) is 11.6 Å². The van der Waals surface area contributed by atoms with E-state index in [9.17, 15) is 4.39 Å². The number of hydrogen-bond acceptors (Lipinski definition) is 1. The molecule has 2 rings (SSSR count). The van der Waals surface area contributed by atoms with Gasteiger partial charge in [-0.1, -0.05) is 23.8 Å². The molecule has 0 radical (unpaired) electrons. The molecule has 0 N–H and O–H groups in total. The van der Waals surface area contributed by atoms with E-state index in [1.54, 1.807) is 6.08 Å². The third-order valence-corrected chi connectivity index (χ3v) is 4.60. The lowest BCUT2D eigenvalue weighted by molar-refractivity contribution is 0.625. The fourth-order valence-electron chi connectivity index (χ4n) is 2.96. The summed E-state index contributed by atoms with van der Waals surface area (Å²) in [7, 11) is 0. The molecule has 1 aromatic rings. The van der Waals surface area contributed by atoms with Gasteiger partial charge < -0.3 is 4.90 Å². The predicted molar refractivity (Wildman–Crippen MR) is 99.5 cm³/mol. The molecule has 1 heterocycles. The van der Waals surface area contributed by atoms with Gasteiger partial charge in [0.05, 0.1) is 0 Å². The molecule has 0 aliphatic carbocycles. The van der Waals surface area contributed by atoms with Crippen LogP contribution in [0.2, 0.25) is 0 Å². The standard InChI is InChI=1S/C21H28FN/c1-6-16(4)9-11-20(22)17(5)18-10-12-21-19(14-18)8-7-13-23(21)15(2)3/h6,9-12,14-15H,7-8,13H2,1-5H3/b11-9+,16-6+,20-17+. The SMILES string of the molecule is C/C=C(C)/C=C/C(F)=C(/C)c1ccc2c(c1)CCCN2C(C)C. The Bertz CT molecular complexity index is 650. The summed E-state index contributed by atoms with van der Waals surface area (Å²) >= 11 is 0. The van der Waals surface area contributed by atoms with Gasteiger partial charge in [0, 0.05) is 18.3 Å². The number of anilines is 1. The van der Waals surface area contributed by atoms with Crippen molar-refractivity contribution in [3.05, 3.63) is 59.0 Å². The van der Waals surface area contributed by atoms with Crippen LogP contribution in [0, 0.1) is 0 Å². The minimum atomic E-state index is -0.164. The van der Waals surface area contributed by atoms with Gasteiger partial charge >= 0.3 is 0 Å². The fraction of sp³-hybridized carbons (Fsp3) is 0.429. The third kappa shape index (κ3) is 4.13. The second-order valence-electron chi connectivity index (χ2n) is 6.57. The summed E-state index contributed by atoms with van der Waals surface area (Å²) < 4.78 is 14.4. The molecule has 0 atom stereocenters. The highest BCUT2D eigenvalue weighted by Crippen LogP contribution is 2.32. The van der Waals surface area contributed by atoms with E-state index < -0.39 is 0 Å².